The van der Waals surface area contributed by atoms with Crippen molar-refractivity contribution in [3.8, 4) is 0 Å². The molecule has 1 atom stereocenters. The topological polar surface area (TPSA) is 56.3 Å². The zero-order valence-corrected chi connectivity index (χ0v) is 16.7. The summed E-state index contributed by atoms with van der Waals surface area (Å²) in [4.78, 5) is 18.6. The van der Waals surface area contributed by atoms with Crippen molar-refractivity contribution in [2.24, 2.45) is 5.92 Å². The zero-order valence-electron chi connectivity index (χ0n) is 16.7. The number of nitrogens with one attached hydrogen (secondary N) is 1. The number of carbonyl (C=O) groups excluding carboxylic acids is 1. The van der Waals surface area contributed by atoms with Crippen LogP contribution in [0.1, 0.15) is 59.0 Å². The standard InChI is InChI=1S/C25H28N2O2/c28-24(17-6-2-1-3-7-17)18-12-14-27(15-13-18)25(29)19-10-11-23-21(16-19)20-8-4-5-9-22(20)26-23/h1-3,6-7,10-11,16,18,24,26,28H,4-5,8-9,12-15H2/t24-/m0/s1. The highest BCUT2D eigenvalue weighted by atomic mass is 16.3. The van der Waals surface area contributed by atoms with Crippen molar-refractivity contribution in [3.05, 3.63) is 70.9 Å². The van der Waals surface area contributed by atoms with Crippen LogP contribution in [0.2, 0.25) is 0 Å². The summed E-state index contributed by atoms with van der Waals surface area (Å²) in [6.07, 6.45) is 5.93. The van der Waals surface area contributed by atoms with E-state index in [9.17, 15) is 9.90 Å². The Morgan fingerprint density at radius 2 is 1.79 bits per heavy atom. The number of hydrogen-bond acceptors (Lipinski definition) is 2. The zero-order chi connectivity index (χ0) is 19.8. The van der Waals surface area contributed by atoms with Crippen LogP contribution in [0, 0.1) is 5.92 Å². The van der Waals surface area contributed by atoms with Crippen LogP contribution in [-0.4, -0.2) is 34.0 Å². The molecule has 0 radical (unpaired) electrons. The van der Waals surface area contributed by atoms with Gasteiger partial charge >= 0.3 is 0 Å². The molecule has 3 aromatic rings. The Kier molecular flexibility index (Phi) is 4.88. The fraction of sp³-hybridized carbons (Fsp3) is 0.400. The molecule has 1 aromatic heterocycles. The van der Waals surface area contributed by atoms with Crippen molar-refractivity contribution in [1.29, 1.82) is 0 Å². The Morgan fingerprint density at radius 3 is 2.59 bits per heavy atom. The van der Waals surface area contributed by atoms with Crippen LogP contribution in [0.25, 0.3) is 10.9 Å². The number of fused-ring (bicyclic) bond motifs is 3. The molecule has 1 fully saturated rings. The van der Waals surface area contributed by atoms with Crippen LogP contribution >= 0.6 is 0 Å². The molecule has 4 nitrogen and oxygen atoms in total. The Bertz CT molecular complexity index is 1020. The summed E-state index contributed by atoms with van der Waals surface area (Å²) >= 11 is 0. The number of aliphatic hydroxyl groups is 1. The summed E-state index contributed by atoms with van der Waals surface area (Å²) in [5, 5.41) is 11.9. The number of rotatable bonds is 3. The van der Waals surface area contributed by atoms with Gasteiger partial charge in [0.1, 0.15) is 0 Å². The molecule has 0 unspecified atom stereocenters. The SMILES string of the molecule is O=C(c1ccc2[nH]c3c(c2c1)CCCC3)N1CCC([C@@H](O)c2ccccc2)CC1. The molecule has 1 saturated heterocycles. The van der Waals surface area contributed by atoms with Crippen LogP contribution in [0.5, 0.6) is 0 Å². The lowest BCUT2D eigenvalue weighted by Crippen LogP contribution is -2.39. The maximum atomic E-state index is 13.1. The summed E-state index contributed by atoms with van der Waals surface area (Å²) in [6.45, 7) is 1.41. The van der Waals surface area contributed by atoms with Crippen LogP contribution in [-0.2, 0) is 12.8 Å². The predicted molar refractivity (Wildman–Crippen MR) is 115 cm³/mol. The molecule has 29 heavy (non-hydrogen) atoms. The molecule has 2 aliphatic rings. The summed E-state index contributed by atoms with van der Waals surface area (Å²) in [5.74, 6) is 0.325. The second-order valence-electron chi connectivity index (χ2n) is 8.53. The summed E-state index contributed by atoms with van der Waals surface area (Å²) in [6, 6.07) is 16.0. The summed E-state index contributed by atoms with van der Waals surface area (Å²) in [7, 11) is 0. The minimum Gasteiger partial charge on any atom is -0.388 e. The monoisotopic (exact) mass is 388 g/mol. The number of H-pyrrole nitrogens is 1. The number of aliphatic hydroxyl groups excluding tert-OH is 1. The first kappa shape index (κ1) is 18.4. The summed E-state index contributed by atoms with van der Waals surface area (Å²) in [5.41, 5.74) is 5.67. The Hall–Kier alpha value is -2.59. The van der Waals surface area contributed by atoms with E-state index in [-0.39, 0.29) is 11.8 Å². The van der Waals surface area contributed by atoms with Crippen molar-refractivity contribution >= 4 is 16.8 Å². The maximum absolute atomic E-state index is 13.1. The third-order valence-electron chi connectivity index (χ3n) is 6.76. The van der Waals surface area contributed by atoms with Gasteiger partial charge in [-0.15, -0.1) is 0 Å². The van der Waals surface area contributed by atoms with Gasteiger partial charge < -0.3 is 15.0 Å². The van der Waals surface area contributed by atoms with Gasteiger partial charge in [-0.3, -0.25) is 4.79 Å². The van der Waals surface area contributed by atoms with E-state index < -0.39 is 6.10 Å². The van der Waals surface area contributed by atoms with Crippen LogP contribution in [0.4, 0.5) is 0 Å². The number of aromatic nitrogens is 1. The normalized spacial score (nSPS) is 18.6. The van der Waals surface area contributed by atoms with Crippen LogP contribution in [0.3, 0.4) is 0 Å². The highest BCUT2D eigenvalue weighted by molar-refractivity contribution is 5.99. The van der Waals surface area contributed by atoms with Crippen molar-refractivity contribution in [1.82, 2.24) is 9.88 Å². The van der Waals surface area contributed by atoms with Gasteiger partial charge in [0.15, 0.2) is 0 Å². The van der Waals surface area contributed by atoms with Gasteiger partial charge in [0, 0.05) is 35.2 Å². The minimum atomic E-state index is -0.448. The largest absolute Gasteiger partial charge is 0.388 e. The van der Waals surface area contributed by atoms with Gasteiger partial charge in [-0.2, -0.15) is 0 Å². The average molecular weight is 389 g/mol. The van der Waals surface area contributed by atoms with E-state index in [1.807, 2.05) is 41.3 Å². The number of nitrogens with zero attached hydrogens (tertiary/aromatic N) is 1. The number of amides is 1. The molecular weight excluding hydrogens is 360 g/mol. The van der Waals surface area contributed by atoms with Gasteiger partial charge in [0.2, 0.25) is 0 Å². The van der Waals surface area contributed by atoms with E-state index in [2.05, 4.69) is 17.1 Å². The molecular formula is C25H28N2O2. The number of aryl methyl sites for hydroxylation is 2. The van der Waals surface area contributed by atoms with E-state index in [1.54, 1.807) is 0 Å². The highest BCUT2D eigenvalue weighted by Crippen LogP contribution is 2.32. The van der Waals surface area contributed by atoms with Crippen molar-refractivity contribution in [3.63, 3.8) is 0 Å². The van der Waals surface area contributed by atoms with Crippen molar-refractivity contribution in [2.45, 2.75) is 44.6 Å². The predicted octanol–water partition coefficient (Wildman–Crippen LogP) is 4.63. The molecule has 2 aromatic carbocycles. The molecule has 2 heterocycles. The van der Waals surface area contributed by atoms with Crippen molar-refractivity contribution in [2.75, 3.05) is 13.1 Å². The molecule has 1 amide bonds. The second-order valence-corrected chi connectivity index (χ2v) is 8.53. The Labute approximate surface area is 171 Å². The van der Waals surface area contributed by atoms with Gasteiger partial charge in [-0.05, 0) is 73.8 Å². The molecule has 5 rings (SSSR count). The first-order valence-corrected chi connectivity index (χ1v) is 10.9. The maximum Gasteiger partial charge on any atom is 0.253 e. The molecule has 4 heteroatoms. The first-order chi connectivity index (χ1) is 14.2. The molecule has 0 saturated carbocycles. The number of aromatic amines is 1. The minimum absolute atomic E-state index is 0.116. The quantitative estimate of drug-likeness (QED) is 0.687. The fourth-order valence-corrected chi connectivity index (χ4v) is 5.06. The fourth-order valence-electron chi connectivity index (χ4n) is 5.06. The third kappa shape index (κ3) is 3.46. The lowest BCUT2D eigenvalue weighted by atomic mass is 9.87. The van der Waals surface area contributed by atoms with Crippen LogP contribution in [0.15, 0.2) is 48.5 Å². The van der Waals surface area contributed by atoms with Gasteiger partial charge in [0.25, 0.3) is 5.91 Å². The van der Waals surface area contributed by atoms with Gasteiger partial charge in [0.05, 0.1) is 6.10 Å². The molecule has 0 spiro atoms. The van der Waals surface area contributed by atoms with E-state index in [4.69, 9.17) is 0 Å². The van der Waals surface area contributed by atoms with E-state index in [0.29, 0.717) is 13.1 Å². The van der Waals surface area contributed by atoms with Crippen LogP contribution < -0.4 is 0 Å². The lowest BCUT2D eigenvalue weighted by Gasteiger charge is -2.34. The number of benzene rings is 2. The van der Waals surface area contributed by atoms with E-state index in [1.165, 1.54) is 29.5 Å². The smallest absolute Gasteiger partial charge is 0.253 e. The van der Waals surface area contributed by atoms with E-state index in [0.717, 1.165) is 42.3 Å². The Morgan fingerprint density at radius 1 is 1.03 bits per heavy atom. The molecule has 150 valence electrons. The summed E-state index contributed by atoms with van der Waals surface area (Å²) < 4.78 is 0. The Balaban J connectivity index is 1.29. The highest BCUT2D eigenvalue weighted by Gasteiger charge is 2.29. The number of carbonyl (C=O) groups is 1. The molecule has 1 aliphatic carbocycles. The third-order valence-corrected chi connectivity index (χ3v) is 6.76. The lowest BCUT2D eigenvalue weighted by molar-refractivity contribution is 0.0462. The van der Waals surface area contributed by atoms with Gasteiger partial charge in [-0.1, -0.05) is 30.3 Å². The number of piperidine rings is 1. The molecule has 1 aliphatic heterocycles. The first-order valence-electron chi connectivity index (χ1n) is 10.9. The van der Waals surface area contributed by atoms with E-state index >= 15 is 0 Å². The average Bonchev–Trinajstić information content (AvgIpc) is 3.17. The molecule has 0 bridgehead atoms. The number of hydrogen-bond donors (Lipinski definition) is 2. The second kappa shape index (κ2) is 7.68. The van der Waals surface area contributed by atoms with Crippen molar-refractivity contribution < 1.29 is 9.90 Å². The number of likely N-dealkylation sites (tertiary alicyclic amines) is 1. The van der Waals surface area contributed by atoms with Gasteiger partial charge in [-0.25, -0.2) is 0 Å². The molecule has 2 N–H and O–H groups in total.